The van der Waals surface area contributed by atoms with E-state index in [2.05, 4.69) is 16.6 Å². The van der Waals surface area contributed by atoms with Crippen LogP contribution in [0, 0.1) is 5.92 Å². The van der Waals surface area contributed by atoms with Crippen LogP contribution in [0.1, 0.15) is 12.8 Å². The van der Waals surface area contributed by atoms with Gasteiger partial charge in [0.25, 0.3) is 0 Å². The van der Waals surface area contributed by atoms with Gasteiger partial charge in [0.05, 0.1) is 19.6 Å². The summed E-state index contributed by atoms with van der Waals surface area (Å²) in [5.41, 5.74) is 0. The molecule has 0 aromatic heterocycles. The molecule has 0 radical (unpaired) electrons. The summed E-state index contributed by atoms with van der Waals surface area (Å²) in [6, 6.07) is -0.643. The number of ether oxygens (including phenoxy) is 2. The highest BCUT2D eigenvalue weighted by molar-refractivity contribution is 5.86. The maximum atomic E-state index is 11.7. The lowest BCUT2D eigenvalue weighted by Gasteiger charge is -2.16. The summed E-state index contributed by atoms with van der Waals surface area (Å²) < 4.78 is 9.71. The van der Waals surface area contributed by atoms with E-state index in [-0.39, 0.29) is 11.8 Å². The standard InChI is InChI=1S/C11H17NO4/c1-3-4-9(11(14)15-2)12-10(13)8-5-6-16-7-8/h3,8-9H,1,4-7H2,2H3,(H,12,13)/t8-,9+/m0/s1. The molecule has 1 saturated heterocycles. The SMILES string of the molecule is C=CC[C@@H](NC(=O)[C@H]1CCOC1)C(=O)OC. The molecule has 0 saturated carbocycles. The van der Waals surface area contributed by atoms with E-state index in [4.69, 9.17) is 4.74 Å². The number of methoxy groups -OCH3 is 1. The molecule has 90 valence electrons. The summed E-state index contributed by atoms with van der Waals surface area (Å²) in [5.74, 6) is -0.765. The van der Waals surface area contributed by atoms with E-state index in [1.165, 1.54) is 7.11 Å². The molecule has 0 aliphatic carbocycles. The minimum atomic E-state index is -0.643. The number of nitrogens with one attached hydrogen (secondary N) is 1. The number of hydrogen-bond donors (Lipinski definition) is 1. The molecule has 1 aliphatic heterocycles. The topological polar surface area (TPSA) is 64.6 Å². The van der Waals surface area contributed by atoms with Crippen molar-refractivity contribution >= 4 is 11.9 Å². The summed E-state index contributed by atoms with van der Waals surface area (Å²) in [7, 11) is 1.29. The highest BCUT2D eigenvalue weighted by Crippen LogP contribution is 2.12. The van der Waals surface area contributed by atoms with Gasteiger partial charge in [0, 0.05) is 6.61 Å². The van der Waals surface area contributed by atoms with Crippen molar-refractivity contribution in [1.29, 1.82) is 0 Å². The third kappa shape index (κ3) is 3.34. The fourth-order valence-corrected chi connectivity index (χ4v) is 1.55. The van der Waals surface area contributed by atoms with Gasteiger partial charge in [-0.25, -0.2) is 4.79 Å². The van der Waals surface area contributed by atoms with E-state index in [9.17, 15) is 9.59 Å². The summed E-state index contributed by atoms with van der Waals surface area (Å²) in [5, 5.41) is 2.65. The Kier molecular flexibility index (Phi) is 4.98. The van der Waals surface area contributed by atoms with Gasteiger partial charge < -0.3 is 14.8 Å². The Balaban J connectivity index is 2.49. The first kappa shape index (κ1) is 12.7. The van der Waals surface area contributed by atoms with Crippen molar-refractivity contribution in [2.24, 2.45) is 5.92 Å². The van der Waals surface area contributed by atoms with Crippen molar-refractivity contribution in [2.45, 2.75) is 18.9 Å². The van der Waals surface area contributed by atoms with E-state index in [0.717, 1.165) is 0 Å². The molecule has 0 bridgehead atoms. The lowest BCUT2D eigenvalue weighted by molar-refractivity contribution is -0.145. The van der Waals surface area contributed by atoms with Gasteiger partial charge in [0.15, 0.2) is 0 Å². The third-order valence-electron chi connectivity index (χ3n) is 2.51. The molecule has 1 fully saturated rings. The average molecular weight is 227 g/mol. The molecular weight excluding hydrogens is 210 g/mol. The van der Waals surface area contributed by atoms with Crippen molar-refractivity contribution in [2.75, 3.05) is 20.3 Å². The first-order valence-corrected chi connectivity index (χ1v) is 5.26. The molecule has 1 rings (SSSR count). The van der Waals surface area contributed by atoms with Crippen molar-refractivity contribution < 1.29 is 19.1 Å². The van der Waals surface area contributed by atoms with E-state index in [1.807, 2.05) is 0 Å². The molecule has 5 nitrogen and oxygen atoms in total. The van der Waals surface area contributed by atoms with Crippen molar-refractivity contribution in [1.82, 2.24) is 5.32 Å². The first-order chi connectivity index (χ1) is 7.69. The maximum absolute atomic E-state index is 11.7. The van der Waals surface area contributed by atoms with Crippen LogP contribution in [0.25, 0.3) is 0 Å². The number of amides is 1. The highest BCUT2D eigenvalue weighted by Gasteiger charge is 2.27. The molecule has 0 unspecified atom stereocenters. The fourth-order valence-electron chi connectivity index (χ4n) is 1.55. The lowest BCUT2D eigenvalue weighted by atomic mass is 10.1. The maximum Gasteiger partial charge on any atom is 0.328 e. The summed E-state index contributed by atoms with van der Waals surface area (Å²) >= 11 is 0. The van der Waals surface area contributed by atoms with Crippen LogP contribution in [-0.2, 0) is 19.1 Å². The minimum Gasteiger partial charge on any atom is -0.467 e. The summed E-state index contributed by atoms with van der Waals surface area (Å²) in [6.45, 7) is 4.56. The van der Waals surface area contributed by atoms with Crippen LogP contribution >= 0.6 is 0 Å². The molecule has 2 atom stereocenters. The second-order valence-electron chi connectivity index (χ2n) is 3.67. The second-order valence-corrected chi connectivity index (χ2v) is 3.67. The number of hydrogen-bond acceptors (Lipinski definition) is 4. The van der Waals surface area contributed by atoms with E-state index in [0.29, 0.717) is 26.1 Å². The Labute approximate surface area is 94.8 Å². The summed E-state index contributed by atoms with van der Waals surface area (Å²) in [6.07, 6.45) is 2.65. The van der Waals surface area contributed by atoms with Crippen LogP contribution in [0.5, 0.6) is 0 Å². The molecule has 5 heteroatoms. The number of carbonyl (C=O) groups is 2. The molecule has 16 heavy (non-hydrogen) atoms. The van der Waals surface area contributed by atoms with Crippen molar-refractivity contribution in [3.05, 3.63) is 12.7 Å². The molecular formula is C11H17NO4. The second kappa shape index (κ2) is 6.27. The van der Waals surface area contributed by atoms with Crippen LogP contribution in [0.2, 0.25) is 0 Å². The predicted molar refractivity (Wildman–Crippen MR) is 57.7 cm³/mol. The number of esters is 1. The predicted octanol–water partition coefficient (Wildman–Crippen LogP) is 0.257. The van der Waals surface area contributed by atoms with Gasteiger partial charge >= 0.3 is 5.97 Å². The van der Waals surface area contributed by atoms with Crippen molar-refractivity contribution in [3.8, 4) is 0 Å². The minimum absolute atomic E-state index is 0.156. The van der Waals surface area contributed by atoms with Gasteiger partial charge in [-0.1, -0.05) is 6.08 Å². The molecule has 0 aromatic rings. The normalized spacial score (nSPS) is 21.2. The monoisotopic (exact) mass is 227 g/mol. The number of rotatable bonds is 5. The van der Waals surface area contributed by atoms with Crippen LogP contribution < -0.4 is 5.32 Å². The molecule has 1 amide bonds. The largest absolute Gasteiger partial charge is 0.467 e. The van der Waals surface area contributed by atoms with E-state index >= 15 is 0 Å². The molecule has 1 aliphatic rings. The van der Waals surface area contributed by atoms with Gasteiger partial charge in [0.1, 0.15) is 6.04 Å². The quantitative estimate of drug-likeness (QED) is 0.540. The van der Waals surface area contributed by atoms with Crippen molar-refractivity contribution in [3.63, 3.8) is 0 Å². The molecule has 0 aromatic carbocycles. The van der Waals surface area contributed by atoms with Gasteiger partial charge in [-0.2, -0.15) is 0 Å². The van der Waals surface area contributed by atoms with E-state index in [1.54, 1.807) is 6.08 Å². The fraction of sp³-hybridized carbons (Fsp3) is 0.636. The lowest BCUT2D eigenvalue weighted by Crippen LogP contribution is -2.44. The van der Waals surface area contributed by atoms with Gasteiger partial charge in [-0.05, 0) is 12.8 Å². The smallest absolute Gasteiger partial charge is 0.328 e. The first-order valence-electron chi connectivity index (χ1n) is 5.26. The Morgan fingerprint density at radius 3 is 2.94 bits per heavy atom. The average Bonchev–Trinajstić information content (AvgIpc) is 2.80. The van der Waals surface area contributed by atoms with Crippen LogP contribution in [0.4, 0.5) is 0 Å². The number of carbonyl (C=O) groups excluding carboxylic acids is 2. The zero-order chi connectivity index (χ0) is 12.0. The Morgan fingerprint density at radius 2 is 2.44 bits per heavy atom. The van der Waals surface area contributed by atoms with Crippen LogP contribution in [0.15, 0.2) is 12.7 Å². The highest BCUT2D eigenvalue weighted by atomic mass is 16.5. The Morgan fingerprint density at radius 1 is 1.69 bits per heavy atom. The zero-order valence-electron chi connectivity index (χ0n) is 9.40. The van der Waals surface area contributed by atoms with Crippen LogP contribution in [-0.4, -0.2) is 38.2 Å². The third-order valence-corrected chi connectivity index (χ3v) is 2.51. The van der Waals surface area contributed by atoms with E-state index < -0.39 is 12.0 Å². The van der Waals surface area contributed by atoms with Gasteiger partial charge in [-0.15, -0.1) is 6.58 Å². The van der Waals surface area contributed by atoms with Gasteiger partial charge in [0.2, 0.25) is 5.91 Å². The molecule has 0 spiro atoms. The Hall–Kier alpha value is -1.36. The molecule has 1 N–H and O–H groups in total. The van der Waals surface area contributed by atoms with Crippen LogP contribution in [0.3, 0.4) is 0 Å². The summed E-state index contributed by atoms with van der Waals surface area (Å²) in [4.78, 5) is 23.1. The van der Waals surface area contributed by atoms with Gasteiger partial charge in [-0.3, -0.25) is 4.79 Å². The molecule has 1 heterocycles. The Bertz CT molecular complexity index is 271. The zero-order valence-corrected chi connectivity index (χ0v) is 9.40.